The molecule has 1 atom stereocenters. The zero-order valence-electron chi connectivity index (χ0n) is 4.19. The molecule has 0 rings (SSSR count). The Morgan fingerprint density at radius 1 is 1.88 bits per heavy atom. The van der Waals surface area contributed by atoms with Crippen molar-refractivity contribution < 1.29 is 4.79 Å². The molecule has 0 radical (unpaired) electrons. The molecule has 0 saturated heterocycles. The second kappa shape index (κ2) is 3.89. The molecule has 0 fully saturated rings. The topological polar surface area (TPSA) is 65.8 Å². The Kier molecular flexibility index (Phi) is 3.27. The molecule has 0 heterocycles. The van der Waals surface area contributed by atoms with Crippen LogP contribution < -0.4 is 0 Å². The summed E-state index contributed by atoms with van der Waals surface area (Å²) >= 11 is 0. The quantitative estimate of drug-likeness (QED) is 0.176. The van der Waals surface area contributed by atoms with Gasteiger partial charge < -0.3 is 4.79 Å². The minimum absolute atomic E-state index is 0.521. The molecule has 0 aromatic rings. The van der Waals surface area contributed by atoms with Crippen molar-refractivity contribution in [3.8, 4) is 0 Å². The first-order valence-electron chi connectivity index (χ1n) is 1.97. The van der Waals surface area contributed by atoms with E-state index >= 15 is 0 Å². The van der Waals surface area contributed by atoms with E-state index in [1.165, 1.54) is 6.08 Å². The molecular formula is C4H5N3O. The molecule has 0 aromatic carbocycles. The molecule has 1 unspecified atom stereocenters. The molecule has 42 valence electrons. The van der Waals surface area contributed by atoms with E-state index in [0.717, 1.165) is 0 Å². The average molecular weight is 111 g/mol. The number of carbonyl (C=O) groups excluding carboxylic acids is 1. The third kappa shape index (κ3) is 2.00. The van der Waals surface area contributed by atoms with Gasteiger partial charge in [-0.2, -0.15) is 0 Å². The van der Waals surface area contributed by atoms with Crippen molar-refractivity contribution in [3.05, 3.63) is 23.1 Å². The maximum Gasteiger partial charge on any atom is 0.132 e. The molecule has 0 saturated carbocycles. The van der Waals surface area contributed by atoms with Crippen LogP contribution >= 0.6 is 0 Å². The third-order valence-electron chi connectivity index (χ3n) is 0.566. The van der Waals surface area contributed by atoms with Crippen molar-refractivity contribution in [3.63, 3.8) is 0 Å². The van der Waals surface area contributed by atoms with Crippen LogP contribution in [0.1, 0.15) is 0 Å². The average Bonchev–Trinajstić information content (AvgIpc) is 1.83. The monoisotopic (exact) mass is 111 g/mol. The van der Waals surface area contributed by atoms with Crippen molar-refractivity contribution in [2.75, 3.05) is 0 Å². The normalized spacial score (nSPS) is 11.0. The Morgan fingerprint density at radius 3 is 2.62 bits per heavy atom. The minimum atomic E-state index is -0.708. The zero-order valence-corrected chi connectivity index (χ0v) is 4.19. The van der Waals surface area contributed by atoms with Crippen molar-refractivity contribution in [2.45, 2.75) is 6.04 Å². The lowest BCUT2D eigenvalue weighted by atomic mass is 10.4. The van der Waals surface area contributed by atoms with Gasteiger partial charge in [-0.3, -0.25) is 0 Å². The molecule has 0 aliphatic heterocycles. The van der Waals surface area contributed by atoms with Gasteiger partial charge >= 0.3 is 0 Å². The van der Waals surface area contributed by atoms with E-state index in [0.29, 0.717) is 6.29 Å². The van der Waals surface area contributed by atoms with Crippen LogP contribution in [0.15, 0.2) is 17.8 Å². The number of nitrogens with zero attached hydrogens (tertiary/aromatic N) is 3. The molecule has 0 aromatic heterocycles. The van der Waals surface area contributed by atoms with E-state index < -0.39 is 6.04 Å². The molecule has 0 N–H and O–H groups in total. The first-order chi connectivity index (χ1) is 3.85. The van der Waals surface area contributed by atoms with Crippen molar-refractivity contribution in [2.24, 2.45) is 5.11 Å². The second-order valence-electron chi connectivity index (χ2n) is 1.07. The van der Waals surface area contributed by atoms with E-state index in [1.54, 1.807) is 0 Å². The Morgan fingerprint density at radius 2 is 2.50 bits per heavy atom. The fraction of sp³-hybridized carbons (Fsp3) is 0.250. The van der Waals surface area contributed by atoms with E-state index in [9.17, 15) is 4.79 Å². The summed E-state index contributed by atoms with van der Waals surface area (Å²) in [5.74, 6) is 0. The van der Waals surface area contributed by atoms with Crippen LogP contribution in [0.4, 0.5) is 0 Å². The van der Waals surface area contributed by atoms with Crippen LogP contribution in [-0.4, -0.2) is 12.3 Å². The van der Waals surface area contributed by atoms with Gasteiger partial charge in [0.1, 0.15) is 12.3 Å². The molecule has 8 heavy (non-hydrogen) atoms. The van der Waals surface area contributed by atoms with E-state index in [4.69, 9.17) is 5.53 Å². The summed E-state index contributed by atoms with van der Waals surface area (Å²) in [7, 11) is 0. The summed E-state index contributed by atoms with van der Waals surface area (Å²) in [6, 6.07) is -0.708. The summed E-state index contributed by atoms with van der Waals surface area (Å²) in [5, 5.41) is 3.06. The fourth-order valence-electron chi connectivity index (χ4n) is 0.190. The minimum Gasteiger partial charge on any atom is -0.303 e. The van der Waals surface area contributed by atoms with Crippen LogP contribution in [0.5, 0.6) is 0 Å². The number of azide groups is 1. The Labute approximate surface area is 46.4 Å². The SMILES string of the molecule is C=CC(C=O)N=[N+]=[N-]. The number of rotatable bonds is 3. The molecular weight excluding hydrogens is 106 g/mol. The van der Waals surface area contributed by atoms with Crippen LogP contribution in [0, 0.1) is 0 Å². The maximum absolute atomic E-state index is 9.79. The number of aldehydes is 1. The van der Waals surface area contributed by atoms with Crippen LogP contribution in [0.2, 0.25) is 0 Å². The van der Waals surface area contributed by atoms with Crippen molar-refractivity contribution >= 4 is 6.29 Å². The fourth-order valence-corrected chi connectivity index (χ4v) is 0.190. The zero-order chi connectivity index (χ0) is 6.41. The third-order valence-corrected chi connectivity index (χ3v) is 0.566. The van der Waals surface area contributed by atoms with Crippen molar-refractivity contribution in [1.82, 2.24) is 0 Å². The highest BCUT2D eigenvalue weighted by molar-refractivity contribution is 5.60. The van der Waals surface area contributed by atoms with Gasteiger partial charge in [0.05, 0.1) is 0 Å². The number of carbonyl (C=O) groups is 1. The molecule has 0 amide bonds. The smallest absolute Gasteiger partial charge is 0.132 e. The molecule has 0 aliphatic carbocycles. The highest BCUT2D eigenvalue weighted by atomic mass is 16.1. The summed E-state index contributed by atoms with van der Waals surface area (Å²) in [6.07, 6.45) is 1.79. The van der Waals surface area contributed by atoms with Gasteiger partial charge in [0, 0.05) is 4.91 Å². The summed E-state index contributed by atoms with van der Waals surface area (Å²) < 4.78 is 0. The highest BCUT2D eigenvalue weighted by Crippen LogP contribution is 1.85. The lowest BCUT2D eigenvalue weighted by Gasteiger charge is -1.85. The largest absolute Gasteiger partial charge is 0.303 e. The van der Waals surface area contributed by atoms with Gasteiger partial charge in [-0.05, 0) is 5.53 Å². The van der Waals surface area contributed by atoms with Gasteiger partial charge in [0.25, 0.3) is 0 Å². The van der Waals surface area contributed by atoms with Gasteiger partial charge in [0.2, 0.25) is 0 Å². The van der Waals surface area contributed by atoms with E-state index in [1.807, 2.05) is 0 Å². The first-order valence-corrected chi connectivity index (χ1v) is 1.97. The molecule has 0 spiro atoms. The molecule has 0 bridgehead atoms. The number of hydrogen-bond acceptors (Lipinski definition) is 2. The molecule has 4 nitrogen and oxygen atoms in total. The molecule has 0 aliphatic rings. The summed E-state index contributed by atoms with van der Waals surface area (Å²) in [4.78, 5) is 12.2. The standard InChI is InChI=1S/C4H5N3O/c1-2-4(3-8)6-7-5/h2-4H,1H2. The van der Waals surface area contributed by atoms with Crippen LogP contribution in [0.3, 0.4) is 0 Å². The van der Waals surface area contributed by atoms with Gasteiger partial charge in [-0.1, -0.05) is 11.2 Å². The predicted octanol–water partition coefficient (Wildman–Crippen LogP) is 1.05. The Balaban J connectivity index is 3.87. The van der Waals surface area contributed by atoms with E-state index in [2.05, 4.69) is 16.6 Å². The predicted molar refractivity (Wildman–Crippen MR) is 29.2 cm³/mol. The summed E-state index contributed by atoms with van der Waals surface area (Å²) in [5.41, 5.74) is 7.75. The van der Waals surface area contributed by atoms with E-state index in [-0.39, 0.29) is 0 Å². The van der Waals surface area contributed by atoms with Crippen LogP contribution in [0.25, 0.3) is 10.4 Å². The van der Waals surface area contributed by atoms with Gasteiger partial charge in [-0.15, -0.1) is 6.58 Å². The Bertz CT molecular complexity index is 128. The first kappa shape index (κ1) is 6.72. The van der Waals surface area contributed by atoms with Crippen LogP contribution in [-0.2, 0) is 4.79 Å². The number of hydrogen-bond donors (Lipinski definition) is 0. The lowest BCUT2D eigenvalue weighted by molar-refractivity contribution is -0.108. The second-order valence-corrected chi connectivity index (χ2v) is 1.07. The van der Waals surface area contributed by atoms with Crippen molar-refractivity contribution in [1.29, 1.82) is 0 Å². The highest BCUT2D eigenvalue weighted by Gasteiger charge is 1.92. The Hall–Kier alpha value is -1.28. The molecule has 4 heteroatoms. The lowest BCUT2D eigenvalue weighted by Crippen LogP contribution is -1.97. The van der Waals surface area contributed by atoms with Gasteiger partial charge in [0.15, 0.2) is 0 Å². The maximum atomic E-state index is 9.79. The van der Waals surface area contributed by atoms with Gasteiger partial charge in [-0.25, -0.2) is 0 Å². The summed E-state index contributed by atoms with van der Waals surface area (Å²) in [6.45, 7) is 3.25.